The zero-order valence-corrected chi connectivity index (χ0v) is 20.0. The minimum atomic E-state index is -0.781. The number of nitrogens with zero attached hydrogens (tertiary/aromatic N) is 2. The summed E-state index contributed by atoms with van der Waals surface area (Å²) in [5, 5.41) is 12.9. The van der Waals surface area contributed by atoms with Crippen LogP contribution in [0.1, 0.15) is 40.9 Å². The van der Waals surface area contributed by atoms with Gasteiger partial charge < -0.3 is 24.9 Å². The van der Waals surface area contributed by atoms with Crippen LogP contribution >= 0.6 is 0 Å². The number of benzene rings is 2. The molecule has 184 valence electrons. The Morgan fingerprint density at radius 1 is 1.09 bits per heavy atom. The first-order valence-electron chi connectivity index (χ1n) is 11.6. The van der Waals surface area contributed by atoms with Crippen molar-refractivity contribution in [2.75, 3.05) is 27.3 Å². The molecule has 4 rings (SSSR count). The number of carbonyl (C=O) groups excluding carboxylic acids is 1. The van der Waals surface area contributed by atoms with Gasteiger partial charge in [-0.15, -0.1) is 0 Å². The van der Waals surface area contributed by atoms with Crippen LogP contribution < -0.4 is 20.3 Å². The number of hydrogen-bond donors (Lipinski definition) is 3. The Labute approximate surface area is 203 Å². The largest absolute Gasteiger partial charge is 0.501 e. The van der Waals surface area contributed by atoms with Gasteiger partial charge in [0.25, 0.3) is 11.5 Å². The molecule has 3 N–H and O–H groups in total. The fraction of sp³-hybridized carbons (Fsp3) is 0.346. The van der Waals surface area contributed by atoms with E-state index in [1.807, 2.05) is 24.3 Å². The molecule has 35 heavy (non-hydrogen) atoms. The van der Waals surface area contributed by atoms with E-state index in [-0.39, 0.29) is 18.1 Å². The lowest BCUT2D eigenvalue weighted by molar-refractivity contribution is 0.0942. The van der Waals surface area contributed by atoms with Gasteiger partial charge in [0.15, 0.2) is 17.2 Å². The minimum absolute atomic E-state index is 0.0909. The molecule has 0 saturated carbocycles. The van der Waals surface area contributed by atoms with Gasteiger partial charge in [0.05, 0.1) is 14.2 Å². The van der Waals surface area contributed by atoms with E-state index in [1.165, 1.54) is 39.0 Å². The third-order valence-corrected chi connectivity index (χ3v) is 6.12. The molecule has 0 atom stereocenters. The fourth-order valence-corrected chi connectivity index (χ4v) is 4.26. The van der Waals surface area contributed by atoms with Gasteiger partial charge in [0.2, 0.25) is 5.75 Å². The maximum absolute atomic E-state index is 12.8. The number of rotatable bonds is 8. The molecular formula is C26H30N4O5. The van der Waals surface area contributed by atoms with Crippen molar-refractivity contribution in [2.24, 2.45) is 0 Å². The quantitative estimate of drug-likeness (QED) is 0.456. The van der Waals surface area contributed by atoms with Crippen LogP contribution in [0.25, 0.3) is 11.4 Å². The summed E-state index contributed by atoms with van der Waals surface area (Å²) >= 11 is 0. The number of carbonyl (C=O) groups is 1. The average Bonchev–Trinajstić information content (AvgIpc) is 2.89. The molecule has 2 heterocycles. The first-order chi connectivity index (χ1) is 17.0. The zero-order valence-electron chi connectivity index (χ0n) is 20.0. The van der Waals surface area contributed by atoms with Gasteiger partial charge in [0.1, 0.15) is 5.82 Å². The van der Waals surface area contributed by atoms with Gasteiger partial charge >= 0.3 is 0 Å². The monoisotopic (exact) mass is 478 g/mol. The molecule has 2 aromatic carbocycles. The van der Waals surface area contributed by atoms with Crippen LogP contribution in [0.15, 0.2) is 47.3 Å². The number of aromatic hydroxyl groups is 1. The third kappa shape index (κ3) is 5.63. The van der Waals surface area contributed by atoms with Crippen molar-refractivity contribution in [3.05, 3.63) is 69.6 Å². The molecule has 0 bridgehead atoms. The van der Waals surface area contributed by atoms with Gasteiger partial charge in [-0.05, 0) is 37.6 Å². The Hall–Kier alpha value is -3.85. The van der Waals surface area contributed by atoms with E-state index in [0.29, 0.717) is 22.6 Å². The second kappa shape index (κ2) is 11.1. The van der Waals surface area contributed by atoms with Crippen LogP contribution in [-0.2, 0) is 13.1 Å². The minimum Gasteiger partial charge on any atom is -0.501 e. The summed E-state index contributed by atoms with van der Waals surface area (Å²) in [5.41, 5.74) is 1.36. The maximum atomic E-state index is 12.8. The van der Waals surface area contributed by atoms with Crippen LogP contribution in [0.4, 0.5) is 0 Å². The highest BCUT2D eigenvalue weighted by atomic mass is 16.5. The predicted molar refractivity (Wildman–Crippen MR) is 132 cm³/mol. The second-order valence-corrected chi connectivity index (χ2v) is 8.48. The first-order valence-corrected chi connectivity index (χ1v) is 11.6. The highest BCUT2D eigenvalue weighted by molar-refractivity contribution is 5.95. The van der Waals surface area contributed by atoms with Crippen LogP contribution in [0.5, 0.6) is 17.2 Å². The Balaban J connectivity index is 1.51. The average molecular weight is 479 g/mol. The molecule has 1 amide bonds. The van der Waals surface area contributed by atoms with Crippen LogP contribution in [0.3, 0.4) is 0 Å². The summed E-state index contributed by atoms with van der Waals surface area (Å²) in [7, 11) is 3.04. The first kappa shape index (κ1) is 24.3. The number of methoxy groups -OCH3 is 2. The number of aromatic amines is 1. The molecule has 0 unspecified atom stereocenters. The van der Waals surface area contributed by atoms with Crippen molar-refractivity contribution >= 4 is 5.91 Å². The summed E-state index contributed by atoms with van der Waals surface area (Å²) in [4.78, 5) is 34.4. The summed E-state index contributed by atoms with van der Waals surface area (Å²) in [6.45, 7) is 3.18. The number of nitrogens with one attached hydrogen (secondary N) is 2. The molecule has 1 aliphatic rings. The Bertz CT molecular complexity index is 1230. The second-order valence-electron chi connectivity index (χ2n) is 8.48. The van der Waals surface area contributed by atoms with Crippen LogP contribution in [-0.4, -0.2) is 53.2 Å². The standard InChI is InChI=1S/C26H30N4O5/c1-34-20-8-6-7-19(23(20)35-2)15-27-25(32)21-22(31)26(33)29-24(28-21)18-11-9-17(10-12-18)16-30-13-4-3-5-14-30/h6-12,31H,3-5,13-16H2,1-2H3,(H,27,32)(H,28,29,33). The van der Waals surface area contributed by atoms with E-state index in [1.54, 1.807) is 18.2 Å². The van der Waals surface area contributed by atoms with E-state index in [9.17, 15) is 14.7 Å². The van der Waals surface area contributed by atoms with Gasteiger partial charge in [-0.3, -0.25) is 14.5 Å². The highest BCUT2D eigenvalue weighted by Crippen LogP contribution is 2.30. The predicted octanol–water partition coefficient (Wildman–Crippen LogP) is 3.08. The topological polar surface area (TPSA) is 117 Å². The molecule has 9 heteroatoms. The van der Waals surface area contributed by atoms with Crippen molar-refractivity contribution in [3.63, 3.8) is 0 Å². The summed E-state index contributed by atoms with van der Waals surface area (Å²) in [6.07, 6.45) is 3.75. The highest BCUT2D eigenvalue weighted by Gasteiger charge is 2.20. The molecule has 0 aliphatic carbocycles. The Kier molecular flexibility index (Phi) is 7.67. The third-order valence-electron chi connectivity index (χ3n) is 6.12. The van der Waals surface area contributed by atoms with Crippen molar-refractivity contribution in [2.45, 2.75) is 32.4 Å². The molecule has 0 spiro atoms. The lowest BCUT2D eigenvalue weighted by Crippen LogP contribution is -2.29. The van der Waals surface area contributed by atoms with E-state index in [4.69, 9.17) is 9.47 Å². The van der Waals surface area contributed by atoms with E-state index in [0.717, 1.165) is 19.6 Å². The van der Waals surface area contributed by atoms with Gasteiger partial charge in [-0.25, -0.2) is 4.98 Å². The smallest absolute Gasteiger partial charge is 0.294 e. The van der Waals surface area contributed by atoms with Gasteiger partial charge in [0, 0.05) is 24.2 Å². The van der Waals surface area contributed by atoms with Gasteiger partial charge in [-0.1, -0.05) is 42.8 Å². The molecule has 1 aliphatic heterocycles. The molecule has 0 radical (unpaired) electrons. The van der Waals surface area contributed by atoms with Gasteiger partial charge in [-0.2, -0.15) is 0 Å². The molecule has 1 saturated heterocycles. The Morgan fingerprint density at radius 2 is 1.83 bits per heavy atom. The summed E-state index contributed by atoms with van der Waals surface area (Å²) in [6, 6.07) is 13.0. The number of aromatic nitrogens is 2. The SMILES string of the molecule is COc1cccc(CNC(=O)c2nc(-c3ccc(CN4CCCCC4)cc3)[nH]c(=O)c2O)c1OC. The summed E-state index contributed by atoms with van der Waals surface area (Å²) in [5.74, 6) is -0.181. The number of amides is 1. The van der Waals surface area contributed by atoms with Crippen molar-refractivity contribution in [1.29, 1.82) is 0 Å². The lowest BCUT2D eigenvalue weighted by atomic mass is 10.1. The molecule has 1 aromatic heterocycles. The zero-order chi connectivity index (χ0) is 24.8. The number of piperidine rings is 1. The summed E-state index contributed by atoms with van der Waals surface area (Å²) < 4.78 is 10.7. The number of para-hydroxylation sites is 1. The van der Waals surface area contributed by atoms with E-state index >= 15 is 0 Å². The van der Waals surface area contributed by atoms with Crippen molar-refractivity contribution < 1.29 is 19.4 Å². The number of H-pyrrole nitrogens is 1. The molecule has 9 nitrogen and oxygen atoms in total. The van der Waals surface area contributed by atoms with Crippen LogP contribution in [0, 0.1) is 0 Å². The van der Waals surface area contributed by atoms with E-state index < -0.39 is 17.2 Å². The normalized spacial score (nSPS) is 13.9. The molecule has 1 fully saturated rings. The van der Waals surface area contributed by atoms with Crippen molar-refractivity contribution in [1.82, 2.24) is 20.2 Å². The number of hydrogen-bond acceptors (Lipinski definition) is 7. The van der Waals surface area contributed by atoms with Crippen LogP contribution in [0.2, 0.25) is 0 Å². The number of likely N-dealkylation sites (tertiary alicyclic amines) is 1. The van der Waals surface area contributed by atoms with Crippen molar-refractivity contribution in [3.8, 4) is 28.6 Å². The number of ether oxygens (including phenoxy) is 2. The maximum Gasteiger partial charge on any atom is 0.294 e. The lowest BCUT2D eigenvalue weighted by Gasteiger charge is -2.26. The molecular weight excluding hydrogens is 448 g/mol. The van der Waals surface area contributed by atoms with E-state index in [2.05, 4.69) is 20.2 Å². The Morgan fingerprint density at radius 3 is 2.51 bits per heavy atom. The fourth-order valence-electron chi connectivity index (χ4n) is 4.26. The molecule has 3 aromatic rings.